The Labute approximate surface area is 147 Å². The predicted molar refractivity (Wildman–Crippen MR) is 92.8 cm³/mol. The van der Waals surface area contributed by atoms with E-state index < -0.39 is 23.1 Å². The molecule has 0 aromatic heterocycles. The maximum absolute atomic E-state index is 12.4. The van der Waals surface area contributed by atoms with Crippen LogP contribution in [0, 0.1) is 10.1 Å². The molecule has 0 heterocycles. The Morgan fingerprint density at radius 2 is 1.76 bits per heavy atom. The number of nitrogens with zero attached hydrogens (tertiary/aromatic N) is 2. The lowest BCUT2D eigenvalue weighted by Gasteiger charge is -2.30. The summed E-state index contributed by atoms with van der Waals surface area (Å²) in [7, 11) is 3.09. The van der Waals surface area contributed by atoms with Crippen LogP contribution in [0.1, 0.15) is 24.2 Å². The Morgan fingerprint density at radius 1 is 1.16 bits per heavy atom. The van der Waals surface area contributed by atoms with Crippen LogP contribution in [0.15, 0.2) is 24.3 Å². The van der Waals surface area contributed by atoms with Crippen LogP contribution >= 0.6 is 0 Å². The minimum Gasteiger partial charge on any atom is -0.455 e. The molecule has 2 atom stereocenters. The topological polar surface area (TPSA) is 91.1 Å². The van der Waals surface area contributed by atoms with Gasteiger partial charge in [0.25, 0.3) is 5.69 Å². The van der Waals surface area contributed by atoms with Gasteiger partial charge in [-0.25, -0.2) is 4.79 Å². The maximum atomic E-state index is 12.4. The number of benzene rings is 1. The van der Waals surface area contributed by atoms with E-state index in [-0.39, 0.29) is 17.9 Å². The molecule has 0 aliphatic heterocycles. The molecule has 0 aliphatic rings. The third-order valence-corrected chi connectivity index (χ3v) is 3.95. The molecule has 0 radical (unpaired) electrons. The molecule has 8 heteroatoms. The summed E-state index contributed by atoms with van der Waals surface area (Å²) in [6.07, 6.45) is -0.930. The van der Waals surface area contributed by atoms with Gasteiger partial charge in [0.2, 0.25) is 0 Å². The van der Waals surface area contributed by atoms with Gasteiger partial charge in [-0.15, -0.1) is 0 Å². The molecule has 0 aliphatic carbocycles. The molecule has 0 fully saturated rings. The molecule has 0 amide bonds. The van der Waals surface area contributed by atoms with Crippen LogP contribution in [0.3, 0.4) is 0 Å². The molecular formula is C17H26N2O6. The summed E-state index contributed by atoms with van der Waals surface area (Å²) in [5.74, 6) is -0.551. The Hall–Kier alpha value is -2.03. The van der Waals surface area contributed by atoms with E-state index in [2.05, 4.69) is 4.90 Å². The van der Waals surface area contributed by atoms with Crippen LogP contribution in [0.5, 0.6) is 0 Å². The number of non-ortho nitro benzene ring substituents is 1. The van der Waals surface area contributed by atoms with Crippen molar-refractivity contribution in [3.8, 4) is 0 Å². The number of methoxy groups -OCH3 is 2. The van der Waals surface area contributed by atoms with E-state index in [4.69, 9.17) is 14.2 Å². The average Bonchev–Trinajstić information content (AvgIpc) is 2.63. The first kappa shape index (κ1) is 21.0. The van der Waals surface area contributed by atoms with Gasteiger partial charge in [0.05, 0.1) is 17.1 Å². The summed E-state index contributed by atoms with van der Waals surface area (Å²) in [6, 6.07) is 5.32. The zero-order valence-corrected chi connectivity index (χ0v) is 15.1. The monoisotopic (exact) mass is 354 g/mol. The first-order valence-electron chi connectivity index (χ1n) is 8.16. The zero-order valence-electron chi connectivity index (χ0n) is 15.1. The van der Waals surface area contributed by atoms with Crippen LogP contribution in [0.25, 0.3) is 0 Å². The summed E-state index contributed by atoms with van der Waals surface area (Å²) in [6.45, 7) is 6.47. The number of carbonyl (C=O) groups is 1. The molecule has 0 saturated heterocycles. The summed E-state index contributed by atoms with van der Waals surface area (Å²) in [5.41, 5.74) is 0.174. The van der Waals surface area contributed by atoms with Crippen molar-refractivity contribution in [2.45, 2.75) is 26.1 Å². The average molecular weight is 354 g/mol. The van der Waals surface area contributed by atoms with E-state index >= 15 is 0 Å². The predicted octanol–water partition coefficient (Wildman–Crippen LogP) is 2.12. The summed E-state index contributed by atoms with van der Waals surface area (Å²) in [4.78, 5) is 24.7. The highest BCUT2D eigenvalue weighted by molar-refractivity contribution is 5.89. The minimum absolute atomic E-state index is 0.0783. The molecule has 25 heavy (non-hydrogen) atoms. The van der Waals surface area contributed by atoms with Gasteiger partial charge in [-0.2, -0.15) is 0 Å². The molecule has 1 aromatic carbocycles. The van der Waals surface area contributed by atoms with Gasteiger partial charge in [0, 0.05) is 32.9 Å². The minimum atomic E-state index is -0.551. The normalized spacial score (nSPS) is 13.5. The summed E-state index contributed by atoms with van der Waals surface area (Å²) < 4.78 is 16.2. The molecule has 0 unspecified atom stereocenters. The summed E-state index contributed by atoms with van der Waals surface area (Å²) in [5, 5.41) is 10.7. The Balaban J connectivity index is 2.90. The number of carbonyl (C=O) groups excluding carboxylic acids is 1. The molecule has 0 bridgehead atoms. The van der Waals surface area contributed by atoms with Crippen molar-refractivity contribution in [2.75, 3.05) is 40.5 Å². The van der Waals surface area contributed by atoms with Crippen molar-refractivity contribution in [2.24, 2.45) is 0 Å². The quantitative estimate of drug-likeness (QED) is 0.341. The highest BCUT2D eigenvalue weighted by Crippen LogP contribution is 2.15. The third-order valence-electron chi connectivity index (χ3n) is 3.95. The van der Waals surface area contributed by atoms with Gasteiger partial charge < -0.3 is 19.1 Å². The second-order valence-electron chi connectivity index (χ2n) is 5.46. The third kappa shape index (κ3) is 6.41. The second-order valence-corrected chi connectivity index (χ2v) is 5.46. The molecule has 1 aromatic rings. The number of likely N-dealkylation sites (N-methyl/N-ethyl adjacent to an activating group) is 1. The number of hydrogen-bond acceptors (Lipinski definition) is 7. The van der Waals surface area contributed by atoms with Crippen molar-refractivity contribution in [3.63, 3.8) is 0 Å². The molecule has 0 spiro atoms. The Kier molecular flexibility index (Phi) is 9.04. The van der Waals surface area contributed by atoms with Crippen molar-refractivity contribution in [1.29, 1.82) is 0 Å². The first-order chi connectivity index (χ1) is 12.0. The van der Waals surface area contributed by atoms with Crippen LogP contribution in [0.4, 0.5) is 5.69 Å². The van der Waals surface area contributed by atoms with Gasteiger partial charge in [-0.3, -0.25) is 10.1 Å². The SMILES string of the molecule is CCN(CC)C[C@H](OC(=O)c1ccc([N+](=O)[O-])cc1)[C@H](COC)OC. The van der Waals surface area contributed by atoms with E-state index in [0.717, 1.165) is 13.1 Å². The maximum Gasteiger partial charge on any atom is 0.338 e. The highest BCUT2D eigenvalue weighted by atomic mass is 16.6. The van der Waals surface area contributed by atoms with E-state index in [1.54, 1.807) is 14.2 Å². The van der Waals surface area contributed by atoms with Crippen LogP contribution in [-0.4, -0.2) is 68.5 Å². The number of nitro benzene ring substituents is 1. The fourth-order valence-electron chi connectivity index (χ4n) is 2.38. The lowest BCUT2D eigenvalue weighted by atomic mass is 10.1. The van der Waals surface area contributed by atoms with Crippen molar-refractivity contribution < 1.29 is 23.9 Å². The second kappa shape index (κ2) is 10.8. The van der Waals surface area contributed by atoms with Gasteiger partial charge in [-0.05, 0) is 25.2 Å². The van der Waals surface area contributed by atoms with Gasteiger partial charge in [0.15, 0.2) is 0 Å². The largest absolute Gasteiger partial charge is 0.455 e. The van der Waals surface area contributed by atoms with Crippen molar-refractivity contribution in [1.82, 2.24) is 4.90 Å². The van der Waals surface area contributed by atoms with Gasteiger partial charge >= 0.3 is 5.97 Å². The van der Waals surface area contributed by atoms with Crippen molar-refractivity contribution in [3.05, 3.63) is 39.9 Å². The Morgan fingerprint density at radius 3 is 2.20 bits per heavy atom. The van der Waals surface area contributed by atoms with E-state index in [9.17, 15) is 14.9 Å². The number of ether oxygens (including phenoxy) is 3. The van der Waals surface area contributed by atoms with Gasteiger partial charge in [-0.1, -0.05) is 13.8 Å². The molecule has 0 N–H and O–H groups in total. The number of hydrogen-bond donors (Lipinski definition) is 0. The summed E-state index contributed by atoms with van der Waals surface area (Å²) >= 11 is 0. The standard InChI is InChI=1S/C17H26N2O6/c1-5-18(6-2)11-15(16(24-4)12-23-3)25-17(20)13-7-9-14(10-8-13)19(21)22/h7-10,15-16H,5-6,11-12H2,1-4H3/t15-,16-/m0/s1. The fraction of sp³-hybridized carbons (Fsp3) is 0.588. The zero-order chi connectivity index (χ0) is 18.8. The van der Waals surface area contributed by atoms with Crippen LogP contribution in [-0.2, 0) is 14.2 Å². The first-order valence-corrected chi connectivity index (χ1v) is 8.16. The fourth-order valence-corrected chi connectivity index (χ4v) is 2.38. The van der Waals surface area contributed by atoms with Crippen LogP contribution in [0.2, 0.25) is 0 Å². The molecule has 1 rings (SSSR count). The molecule has 8 nitrogen and oxygen atoms in total. The van der Waals surface area contributed by atoms with Gasteiger partial charge in [0.1, 0.15) is 12.2 Å². The van der Waals surface area contributed by atoms with E-state index in [0.29, 0.717) is 6.54 Å². The molecular weight excluding hydrogens is 328 g/mol. The smallest absolute Gasteiger partial charge is 0.338 e. The molecule has 140 valence electrons. The van der Waals surface area contributed by atoms with E-state index in [1.165, 1.54) is 24.3 Å². The van der Waals surface area contributed by atoms with E-state index in [1.807, 2.05) is 13.8 Å². The lowest BCUT2D eigenvalue weighted by molar-refractivity contribution is -0.384. The molecule has 0 saturated carbocycles. The highest BCUT2D eigenvalue weighted by Gasteiger charge is 2.27. The number of rotatable bonds is 11. The Bertz CT molecular complexity index is 545. The number of esters is 1. The number of nitro groups is 1. The van der Waals surface area contributed by atoms with Crippen molar-refractivity contribution >= 4 is 11.7 Å². The van der Waals surface area contributed by atoms with Crippen LogP contribution < -0.4 is 0 Å². The lowest BCUT2D eigenvalue weighted by Crippen LogP contribution is -2.44.